The van der Waals surface area contributed by atoms with Crippen LogP contribution < -0.4 is 15.5 Å². The fourth-order valence-corrected chi connectivity index (χ4v) is 4.52. The van der Waals surface area contributed by atoms with Crippen LogP contribution in [0.3, 0.4) is 0 Å². The molecule has 0 spiro atoms. The van der Waals surface area contributed by atoms with Gasteiger partial charge in [-0.15, -0.1) is 0 Å². The Hall–Kier alpha value is -3.94. The number of carbonyl (C=O) groups excluding carboxylic acids is 3. The first kappa shape index (κ1) is 25.2. The molecule has 36 heavy (non-hydrogen) atoms. The zero-order chi connectivity index (χ0) is 25.5. The summed E-state index contributed by atoms with van der Waals surface area (Å²) < 4.78 is 4.97. The molecule has 8 nitrogen and oxygen atoms in total. The molecule has 3 aromatic rings. The van der Waals surface area contributed by atoms with Crippen LogP contribution in [0.4, 0.5) is 11.5 Å². The first-order chi connectivity index (χ1) is 17.4. The maximum atomic E-state index is 13.7. The SMILES string of the molecule is Cc1ccc(N(C(=O)CCC(=O)Nc2cc(C)on2)[C@H](C(=O)NC2CCCC2)c2ccccc2)cc1. The highest BCUT2D eigenvalue weighted by Gasteiger charge is 2.34. The molecule has 1 aliphatic carbocycles. The van der Waals surface area contributed by atoms with Gasteiger partial charge in [0.15, 0.2) is 5.82 Å². The second-order valence-electron chi connectivity index (χ2n) is 9.27. The minimum atomic E-state index is -0.858. The Labute approximate surface area is 211 Å². The summed E-state index contributed by atoms with van der Waals surface area (Å²) in [6, 6.07) is 17.7. The van der Waals surface area contributed by atoms with E-state index in [0.29, 0.717) is 22.8 Å². The number of rotatable bonds is 9. The maximum absolute atomic E-state index is 13.7. The molecule has 4 rings (SSSR count). The molecule has 0 aliphatic heterocycles. The van der Waals surface area contributed by atoms with Gasteiger partial charge in [0.05, 0.1) is 0 Å². The van der Waals surface area contributed by atoms with Crippen molar-refractivity contribution in [1.82, 2.24) is 10.5 Å². The van der Waals surface area contributed by atoms with Crippen LogP contribution in [0.2, 0.25) is 0 Å². The Morgan fingerprint density at radius 1 is 1.00 bits per heavy atom. The van der Waals surface area contributed by atoms with Crippen molar-refractivity contribution >= 4 is 29.2 Å². The predicted molar refractivity (Wildman–Crippen MR) is 137 cm³/mol. The Morgan fingerprint density at radius 2 is 1.69 bits per heavy atom. The molecule has 0 unspecified atom stereocenters. The number of amides is 3. The van der Waals surface area contributed by atoms with E-state index in [1.165, 1.54) is 4.90 Å². The van der Waals surface area contributed by atoms with Crippen molar-refractivity contribution in [3.63, 3.8) is 0 Å². The molecule has 1 aliphatic rings. The number of benzene rings is 2. The number of aromatic nitrogens is 1. The summed E-state index contributed by atoms with van der Waals surface area (Å²) in [7, 11) is 0. The monoisotopic (exact) mass is 488 g/mol. The van der Waals surface area contributed by atoms with Crippen LogP contribution in [0.5, 0.6) is 0 Å². The first-order valence-corrected chi connectivity index (χ1v) is 12.4. The Balaban J connectivity index is 1.59. The van der Waals surface area contributed by atoms with E-state index >= 15 is 0 Å². The summed E-state index contributed by atoms with van der Waals surface area (Å²) in [5, 5.41) is 9.56. The number of hydrogen-bond donors (Lipinski definition) is 2. The zero-order valence-electron chi connectivity index (χ0n) is 20.7. The summed E-state index contributed by atoms with van der Waals surface area (Å²) >= 11 is 0. The summed E-state index contributed by atoms with van der Waals surface area (Å²) in [5.41, 5.74) is 2.36. The van der Waals surface area contributed by atoms with Gasteiger partial charge in [-0.3, -0.25) is 19.3 Å². The number of nitrogens with one attached hydrogen (secondary N) is 2. The lowest BCUT2D eigenvalue weighted by Crippen LogP contribution is -2.46. The van der Waals surface area contributed by atoms with Gasteiger partial charge >= 0.3 is 0 Å². The normalized spacial score (nSPS) is 14.3. The molecule has 1 aromatic heterocycles. The standard InChI is InChI=1S/C28H32N4O4/c1-19-12-14-23(15-13-19)32(26(34)17-16-25(33)30-24-18-20(2)36-31-24)27(21-8-4-3-5-9-21)28(35)29-22-10-6-7-11-22/h3-5,8-9,12-15,18,22,27H,6-7,10-11,16-17H2,1-2H3,(H,29,35)(H,30,31,33)/t27-/m0/s1. The number of anilines is 2. The first-order valence-electron chi connectivity index (χ1n) is 12.4. The Kier molecular flexibility index (Phi) is 8.15. The molecule has 188 valence electrons. The van der Waals surface area contributed by atoms with Gasteiger partial charge in [-0.1, -0.05) is 66.0 Å². The van der Waals surface area contributed by atoms with Crippen molar-refractivity contribution in [3.05, 3.63) is 77.6 Å². The maximum Gasteiger partial charge on any atom is 0.248 e. The highest BCUT2D eigenvalue weighted by atomic mass is 16.5. The van der Waals surface area contributed by atoms with Crippen molar-refractivity contribution < 1.29 is 18.9 Å². The van der Waals surface area contributed by atoms with Crippen LogP contribution in [-0.4, -0.2) is 28.9 Å². The highest BCUT2D eigenvalue weighted by Crippen LogP contribution is 2.30. The third-order valence-corrected chi connectivity index (χ3v) is 6.37. The quantitative estimate of drug-likeness (QED) is 0.448. The highest BCUT2D eigenvalue weighted by molar-refractivity contribution is 6.03. The molecular weight excluding hydrogens is 456 g/mol. The van der Waals surface area contributed by atoms with Crippen molar-refractivity contribution in [2.75, 3.05) is 10.2 Å². The van der Waals surface area contributed by atoms with Crippen LogP contribution in [0, 0.1) is 13.8 Å². The van der Waals surface area contributed by atoms with Gasteiger partial charge in [0, 0.05) is 30.6 Å². The molecule has 1 saturated carbocycles. The van der Waals surface area contributed by atoms with Crippen LogP contribution in [0.15, 0.2) is 65.2 Å². The molecule has 0 radical (unpaired) electrons. The van der Waals surface area contributed by atoms with E-state index in [0.717, 1.165) is 31.2 Å². The minimum absolute atomic E-state index is 0.0567. The molecule has 1 atom stereocenters. The van der Waals surface area contributed by atoms with E-state index in [1.54, 1.807) is 13.0 Å². The summed E-state index contributed by atoms with van der Waals surface area (Å²) in [4.78, 5) is 41.4. The molecule has 0 bridgehead atoms. The molecule has 1 heterocycles. The van der Waals surface area contributed by atoms with Gasteiger partial charge in [-0.2, -0.15) is 0 Å². The average molecular weight is 489 g/mol. The lowest BCUT2D eigenvalue weighted by Gasteiger charge is -2.32. The van der Waals surface area contributed by atoms with Crippen molar-refractivity contribution in [1.29, 1.82) is 0 Å². The van der Waals surface area contributed by atoms with Gasteiger partial charge < -0.3 is 15.2 Å². The van der Waals surface area contributed by atoms with Gasteiger partial charge in [0.2, 0.25) is 17.7 Å². The minimum Gasteiger partial charge on any atom is -0.360 e. The zero-order valence-corrected chi connectivity index (χ0v) is 20.7. The average Bonchev–Trinajstić information content (AvgIpc) is 3.53. The van der Waals surface area contributed by atoms with Gasteiger partial charge in [-0.25, -0.2) is 0 Å². The Morgan fingerprint density at radius 3 is 2.33 bits per heavy atom. The van der Waals surface area contributed by atoms with Gasteiger partial charge in [-0.05, 0) is 44.4 Å². The lowest BCUT2D eigenvalue weighted by atomic mass is 10.0. The van der Waals surface area contributed by atoms with Gasteiger partial charge in [0.25, 0.3) is 0 Å². The van der Waals surface area contributed by atoms with E-state index in [2.05, 4.69) is 15.8 Å². The molecular formula is C28H32N4O4. The van der Waals surface area contributed by atoms with Gasteiger partial charge in [0.1, 0.15) is 11.8 Å². The second kappa shape index (κ2) is 11.7. The topological polar surface area (TPSA) is 105 Å². The van der Waals surface area contributed by atoms with Crippen molar-refractivity contribution in [2.24, 2.45) is 0 Å². The third-order valence-electron chi connectivity index (χ3n) is 6.37. The molecule has 1 fully saturated rings. The van der Waals surface area contributed by atoms with E-state index in [1.807, 2.05) is 61.5 Å². The van der Waals surface area contributed by atoms with Crippen LogP contribution in [-0.2, 0) is 14.4 Å². The van der Waals surface area contributed by atoms with E-state index < -0.39 is 6.04 Å². The summed E-state index contributed by atoms with van der Waals surface area (Å²) in [6.07, 6.45) is 3.92. The van der Waals surface area contributed by atoms with E-state index in [9.17, 15) is 14.4 Å². The molecule has 8 heteroatoms. The van der Waals surface area contributed by atoms with Crippen LogP contribution >= 0.6 is 0 Å². The Bertz CT molecular complexity index is 1180. The number of nitrogens with zero attached hydrogens (tertiary/aromatic N) is 2. The van der Waals surface area contributed by atoms with E-state index in [4.69, 9.17) is 4.52 Å². The lowest BCUT2D eigenvalue weighted by molar-refractivity contribution is -0.127. The van der Waals surface area contributed by atoms with Crippen molar-refractivity contribution in [3.8, 4) is 0 Å². The molecule has 0 saturated heterocycles. The van der Waals surface area contributed by atoms with Crippen LogP contribution in [0.1, 0.15) is 61.5 Å². The molecule has 2 N–H and O–H groups in total. The molecule has 2 aromatic carbocycles. The van der Waals surface area contributed by atoms with Crippen LogP contribution in [0.25, 0.3) is 0 Å². The molecule has 3 amide bonds. The largest absolute Gasteiger partial charge is 0.360 e. The number of carbonyl (C=O) groups is 3. The fraction of sp³-hybridized carbons (Fsp3) is 0.357. The number of aryl methyl sites for hydroxylation is 2. The second-order valence-corrected chi connectivity index (χ2v) is 9.27. The van der Waals surface area contributed by atoms with Crippen molar-refractivity contribution in [2.45, 2.75) is 64.5 Å². The third kappa shape index (κ3) is 6.38. The summed E-state index contributed by atoms with van der Waals surface area (Å²) in [5.74, 6) is -0.0122. The smallest absolute Gasteiger partial charge is 0.248 e. The van der Waals surface area contributed by atoms with E-state index in [-0.39, 0.29) is 36.6 Å². The predicted octanol–water partition coefficient (Wildman–Crippen LogP) is 4.84. The number of hydrogen-bond acceptors (Lipinski definition) is 5. The summed E-state index contributed by atoms with van der Waals surface area (Å²) in [6.45, 7) is 3.69. The fourth-order valence-electron chi connectivity index (χ4n) is 4.52.